The van der Waals surface area contributed by atoms with E-state index in [1.54, 1.807) is 15.9 Å². The summed E-state index contributed by atoms with van der Waals surface area (Å²) in [5, 5.41) is 2.85. The summed E-state index contributed by atoms with van der Waals surface area (Å²) in [5.41, 5.74) is 3.32. The SMILES string of the molecule is Cc1ccc(C)c(NC(=O)c2cc(C(=O)N3CCN(C=O)CC3)ccn2)c1. The van der Waals surface area contributed by atoms with Crippen LogP contribution in [0.15, 0.2) is 36.5 Å². The van der Waals surface area contributed by atoms with Gasteiger partial charge in [-0.3, -0.25) is 19.4 Å². The number of hydrogen-bond donors (Lipinski definition) is 1. The molecule has 3 rings (SSSR count). The molecule has 140 valence electrons. The standard InChI is InChI=1S/C20H22N4O3/c1-14-3-4-15(2)17(11-14)22-19(26)18-12-16(5-6-21-18)20(27)24-9-7-23(13-25)8-10-24/h3-6,11-13H,7-10H2,1-2H3,(H,22,26). The van der Waals surface area contributed by atoms with Crippen LogP contribution in [0.1, 0.15) is 32.0 Å². The maximum atomic E-state index is 12.7. The van der Waals surface area contributed by atoms with E-state index >= 15 is 0 Å². The molecule has 1 aromatic heterocycles. The van der Waals surface area contributed by atoms with Crippen molar-refractivity contribution in [1.29, 1.82) is 0 Å². The Bertz CT molecular complexity index is 873. The van der Waals surface area contributed by atoms with Crippen LogP contribution >= 0.6 is 0 Å². The minimum absolute atomic E-state index is 0.163. The van der Waals surface area contributed by atoms with Crippen LogP contribution in [-0.2, 0) is 4.79 Å². The highest BCUT2D eigenvalue weighted by molar-refractivity contribution is 6.05. The van der Waals surface area contributed by atoms with Crippen molar-refractivity contribution < 1.29 is 14.4 Å². The quantitative estimate of drug-likeness (QED) is 0.838. The number of carbonyl (C=O) groups is 3. The molecular formula is C20H22N4O3. The largest absolute Gasteiger partial charge is 0.342 e. The van der Waals surface area contributed by atoms with Crippen LogP contribution in [0.4, 0.5) is 5.69 Å². The highest BCUT2D eigenvalue weighted by Crippen LogP contribution is 2.17. The molecule has 0 unspecified atom stereocenters. The number of rotatable bonds is 4. The Morgan fingerprint density at radius 2 is 1.81 bits per heavy atom. The van der Waals surface area contributed by atoms with Crippen molar-refractivity contribution in [3.05, 3.63) is 58.9 Å². The Kier molecular flexibility index (Phi) is 5.49. The van der Waals surface area contributed by atoms with Gasteiger partial charge in [0.1, 0.15) is 5.69 Å². The lowest BCUT2D eigenvalue weighted by molar-refractivity contribution is -0.119. The van der Waals surface area contributed by atoms with Crippen molar-refractivity contribution in [2.24, 2.45) is 0 Å². The lowest BCUT2D eigenvalue weighted by atomic mass is 10.1. The second-order valence-electron chi connectivity index (χ2n) is 6.64. The van der Waals surface area contributed by atoms with Gasteiger partial charge in [0.15, 0.2) is 0 Å². The Balaban J connectivity index is 1.73. The Hall–Kier alpha value is -3.22. The molecule has 3 amide bonds. The van der Waals surface area contributed by atoms with Crippen molar-refractivity contribution in [3.8, 4) is 0 Å². The summed E-state index contributed by atoms with van der Waals surface area (Å²) in [6, 6.07) is 8.93. The molecular weight excluding hydrogens is 344 g/mol. The first-order valence-corrected chi connectivity index (χ1v) is 8.81. The normalized spacial score (nSPS) is 14.0. The Morgan fingerprint density at radius 3 is 2.52 bits per heavy atom. The summed E-state index contributed by atoms with van der Waals surface area (Å²) in [5.74, 6) is -0.521. The summed E-state index contributed by atoms with van der Waals surface area (Å²) in [7, 11) is 0. The van der Waals surface area contributed by atoms with Gasteiger partial charge in [0.25, 0.3) is 11.8 Å². The number of hydrogen-bond acceptors (Lipinski definition) is 4. The van der Waals surface area contributed by atoms with E-state index in [-0.39, 0.29) is 17.5 Å². The molecule has 0 aliphatic carbocycles. The minimum Gasteiger partial charge on any atom is -0.342 e. The second-order valence-corrected chi connectivity index (χ2v) is 6.64. The fraction of sp³-hybridized carbons (Fsp3) is 0.300. The van der Waals surface area contributed by atoms with E-state index in [4.69, 9.17) is 0 Å². The topological polar surface area (TPSA) is 82.6 Å². The van der Waals surface area contributed by atoms with Crippen LogP contribution in [0.25, 0.3) is 0 Å². The number of piperazine rings is 1. The number of benzene rings is 1. The van der Waals surface area contributed by atoms with Gasteiger partial charge in [-0.05, 0) is 43.2 Å². The molecule has 1 aromatic carbocycles. The molecule has 1 aliphatic heterocycles. The van der Waals surface area contributed by atoms with Crippen LogP contribution in [0, 0.1) is 13.8 Å². The molecule has 0 atom stereocenters. The number of carbonyl (C=O) groups excluding carboxylic acids is 3. The summed E-state index contributed by atoms with van der Waals surface area (Å²) in [6.45, 7) is 5.85. The van der Waals surface area contributed by atoms with Gasteiger partial charge in [-0.2, -0.15) is 0 Å². The number of amides is 3. The van der Waals surface area contributed by atoms with E-state index in [1.165, 1.54) is 12.3 Å². The van der Waals surface area contributed by atoms with Gasteiger partial charge in [-0.15, -0.1) is 0 Å². The monoisotopic (exact) mass is 366 g/mol. The molecule has 7 heteroatoms. The van der Waals surface area contributed by atoms with E-state index in [2.05, 4.69) is 10.3 Å². The zero-order chi connectivity index (χ0) is 19.4. The average Bonchev–Trinajstić information content (AvgIpc) is 2.70. The summed E-state index contributed by atoms with van der Waals surface area (Å²) in [4.78, 5) is 43.5. The predicted octanol–water partition coefficient (Wildman–Crippen LogP) is 1.86. The molecule has 1 aliphatic rings. The van der Waals surface area contributed by atoms with Crippen LogP contribution in [0.2, 0.25) is 0 Å². The molecule has 0 bridgehead atoms. The highest BCUT2D eigenvalue weighted by Gasteiger charge is 2.22. The summed E-state index contributed by atoms with van der Waals surface area (Å²) in [6.07, 6.45) is 2.26. The van der Waals surface area contributed by atoms with E-state index < -0.39 is 0 Å². The second kappa shape index (κ2) is 7.99. The molecule has 0 radical (unpaired) electrons. The lowest BCUT2D eigenvalue weighted by Crippen LogP contribution is -2.48. The van der Waals surface area contributed by atoms with Gasteiger partial charge >= 0.3 is 0 Å². The van der Waals surface area contributed by atoms with Gasteiger partial charge < -0.3 is 15.1 Å². The number of aryl methyl sites for hydroxylation is 2. The number of nitrogens with one attached hydrogen (secondary N) is 1. The minimum atomic E-state index is -0.357. The first-order valence-electron chi connectivity index (χ1n) is 8.81. The first-order chi connectivity index (χ1) is 13.0. The van der Waals surface area contributed by atoms with Crippen molar-refractivity contribution >= 4 is 23.9 Å². The van der Waals surface area contributed by atoms with Crippen LogP contribution in [0.3, 0.4) is 0 Å². The van der Waals surface area contributed by atoms with Crippen LogP contribution < -0.4 is 5.32 Å². The maximum absolute atomic E-state index is 12.7. The molecule has 2 aromatic rings. The Labute approximate surface area is 158 Å². The van der Waals surface area contributed by atoms with Crippen molar-refractivity contribution in [1.82, 2.24) is 14.8 Å². The maximum Gasteiger partial charge on any atom is 0.274 e. The fourth-order valence-electron chi connectivity index (χ4n) is 2.96. The molecule has 0 spiro atoms. The number of aromatic nitrogens is 1. The molecule has 1 saturated heterocycles. The van der Waals surface area contributed by atoms with Crippen molar-refractivity contribution in [2.45, 2.75) is 13.8 Å². The molecule has 1 N–H and O–H groups in total. The van der Waals surface area contributed by atoms with Gasteiger partial charge in [-0.25, -0.2) is 0 Å². The average molecular weight is 366 g/mol. The molecule has 27 heavy (non-hydrogen) atoms. The van der Waals surface area contributed by atoms with E-state index in [1.807, 2.05) is 32.0 Å². The number of pyridine rings is 1. The van der Waals surface area contributed by atoms with E-state index in [9.17, 15) is 14.4 Å². The Morgan fingerprint density at radius 1 is 1.07 bits per heavy atom. The fourth-order valence-corrected chi connectivity index (χ4v) is 2.96. The molecule has 1 fully saturated rings. The van der Waals surface area contributed by atoms with Gasteiger partial charge in [0.05, 0.1) is 0 Å². The van der Waals surface area contributed by atoms with Gasteiger partial charge in [0.2, 0.25) is 6.41 Å². The predicted molar refractivity (Wildman–Crippen MR) is 102 cm³/mol. The highest BCUT2D eigenvalue weighted by atomic mass is 16.2. The van der Waals surface area contributed by atoms with Crippen molar-refractivity contribution in [3.63, 3.8) is 0 Å². The molecule has 2 heterocycles. The summed E-state index contributed by atoms with van der Waals surface area (Å²) < 4.78 is 0. The van der Waals surface area contributed by atoms with Gasteiger partial charge in [0, 0.05) is 43.6 Å². The first kappa shape index (κ1) is 18.6. The van der Waals surface area contributed by atoms with E-state index in [0.717, 1.165) is 23.2 Å². The third kappa shape index (κ3) is 4.31. The smallest absolute Gasteiger partial charge is 0.274 e. The molecule has 7 nitrogen and oxygen atoms in total. The van der Waals surface area contributed by atoms with Crippen LogP contribution in [0.5, 0.6) is 0 Å². The lowest BCUT2D eigenvalue weighted by Gasteiger charge is -2.32. The third-order valence-electron chi connectivity index (χ3n) is 4.63. The zero-order valence-corrected chi connectivity index (χ0v) is 15.4. The third-order valence-corrected chi connectivity index (χ3v) is 4.63. The molecule has 0 saturated carbocycles. The van der Waals surface area contributed by atoms with E-state index in [0.29, 0.717) is 31.7 Å². The van der Waals surface area contributed by atoms with Crippen molar-refractivity contribution in [2.75, 3.05) is 31.5 Å². The zero-order valence-electron chi connectivity index (χ0n) is 15.4. The number of anilines is 1. The number of nitrogens with zero attached hydrogens (tertiary/aromatic N) is 3. The van der Waals surface area contributed by atoms with Gasteiger partial charge in [-0.1, -0.05) is 12.1 Å². The summed E-state index contributed by atoms with van der Waals surface area (Å²) >= 11 is 0. The van der Waals surface area contributed by atoms with Crippen LogP contribution in [-0.4, -0.2) is 59.2 Å².